The van der Waals surface area contributed by atoms with Gasteiger partial charge in [0.2, 0.25) is 5.95 Å². The number of nitrogens with two attached hydrogens (primary N) is 1. The van der Waals surface area contributed by atoms with Crippen molar-refractivity contribution in [3.05, 3.63) is 23.8 Å². The molecule has 0 amide bonds. The number of fused-ring (bicyclic) bond motifs is 1. The molecule has 92 valence electrons. The minimum atomic E-state index is 0.324. The molecule has 5 heteroatoms. The fourth-order valence-corrected chi connectivity index (χ4v) is 3.04. The van der Waals surface area contributed by atoms with E-state index in [4.69, 9.17) is 11.0 Å². The molecule has 3 rings (SSSR count). The van der Waals surface area contributed by atoms with Gasteiger partial charge in [-0.1, -0.05) is 6.07 Å². The first kappa shape index (κ1) is 11.4. The van der Waals surface area contributed by atoms with Crippen molar-refractivity contribution in [1.29, 1.82) is 5.26 Å². The van der Waals surface area contributed by atoms with Crippen LogP contribution in [0, 0.1) is 11.3 Å². The molecule has 1 aliphatic rings. The largest absolute Gasteiger partial charge is 0.369 e. The van der Waals surface area contributed by atoms with Gasteiger partial charge in [-0.3, -0.25) is 0 Å². The van der Waals surface area contributed by atoms with Gasteiger partial charge in [0.05, 0.1) is 11.1 Å². The first-order valence-electron chi connectivity index (χ1n) is 5.89. The topological polar surface area (TPSA) is 67.6 Å². The molecule has 0 bridgehead atoms. The van der Waals surface area contributed by atoms with E-state index in [2.05, 4.69) is 17.3 Å². The Morgan fingerprint density at radius 3 is 2.94 bits per heavy atom. The number of anilines is 1. The van der Waals surface area contributed by atoms with E-state index < -0.39 is 0 Å². The van der Waals surface area contributed by atoms with Crippen LogP contribution in [0.4, 0.5) is 5.95 Å². The molecule has 1 fully saturated rings. The molecule has 2 N–H and O–H groups in total. The third kappa shape index (κ3) is 1.65. The molecule has 0 atom stereocenters. The Morgan fingerprint density at radius 2 is 2.33 bits per heavy atom. The quantitative estimate of drug-likeness (QED) is 0.917. The number of aromatic nitrogens is 2. The maximum absolute atomic E-state index is 9.08. The predicted molar refractivity (Wildman–Crippen MR) is 74.3 cm³/mol. The van der Waals surface area contributed by atoms with Gasteiger partial charge in [-0.05, 0) is 31.2 Å². The first-order valence-corrected chi connectivity index (χ1v) is 7.11. The smallest absolute Gasteiger partial charge is 0.201 e. The summed E-state index contributed by atoms with van der Waals surface area (Å²) in [4.78, 5) is 4.34. The number of benzene rings is 1. The number of nitrogen functional groups attached to an aromatic ring is 1. The highest BCUT2D eigenvalue weighted by Crippen LogP contribution is 2.49. The predicted octanol–water partition coefficient (Wildman–Crippen LogP) is 2.39. The summed E-state index contributed by atoms with van der Waals surface area (Å²) in [5.41, 5.74) is 8.27. The standard InChI is InChI=1S/C13H14N4S/c1-18-13(5-6-13)8-17-10-4-2-3-9(7-14)11(10)16-12(17)15/h2-4H,5-6,8H2,1H3,(H2,15,16). The number of thioether (sulfide) groups is 1. The lowest BCUT2D eigenvalue weighted by Gasteiger charge is -2.14. The highest BCUT2D eigenvalue weighted by atomic mass is 32.2. The normalized spacial score (nSPS) is 16.7. The van der Waals surface area contributed by atoms with E-state index in [0.29, 0.717) is 16.3 Å². The molecule has 0 radical (unpaired) electrons. The second-order valence-electron chi connectivity index (χ2n) is 4.73. The minimum absolute atomic E-state index is 0.324. The SMILES string of the molecule is CSC1(Cn2c(N)nc3c(C#N)cccc32)CC1. The van der Waals surface area contributed by atoms with E-state index in [9.17, 15) is 0 Å². The van der Waals surface area contributed by atoms with Crippen molar-refractivity contribution in [3.63, 3.8) is 0 Å². The Balaban J connectivity index is 2.12. The lowest BCUT2D eigenvalue weighted by molar-refractivity contribution is 0.687. The fraction of sp³-hybridized carbons (Fsp3) is 0.385. The van der Waals surface area contributed by atoms with Crippen molar-refractivity contribution in [2.24, 2.45) is 0 Å². The molecule has 1 aromatic carbocycles. The zero-order valence-corrected chi connectivity index (χ0v) is 11.0. The van der Waals surface area contributed by atoms with E-state index in [1.54, 1.807) is 6.07 Å². The molecule has 0 aliphatic heterocycles. The molecule has 1 heterocycles. The van der Waals surface area contributed by atoms with Crippen molar-refractivity contribution in [2.45, 2.75) is 24.1 Å². The zero-order valence-electron chi connectivity index (χ0n) is 10.2. The summed E-state index contributed by atoms with van der Waals surface area (Å²) in [6, 6.07) is 7.81. The van der Waals surface area contributed by atoms with Gasteiger partial charge in [0.1, 0.15) is 11.6 Å². The third-order valence-corrected chi connectivity index (χ3v) is 5.02. The van der Waals surface area contributed by atoms with Crippen molar-refractivity contribution < 1.29 is 0 Å². The van der Waals surface area contributed by atoms with Crippen LogP contribution in [0.1, 0.15) is 18.4 Å². The number of imidazole rings is 1. The molecule has 0 saturated heterocycles. The summed E-state index contributed by atoms with van der Waals surface area (Å²) in [6.07, 6.45) is 4.60. The molecule has 0 unspecified atom stereocenters. The van der Waals surface area contributed by atoms with Crippen LogP contribution in [0.25, 0.3) is 11.0 Å². The van der Waals surface area contributed by atoms with Crippen LogP contribution < -0.4 is 5.73 Å². The van der Waals surface area contributed by atoms with Gasteiger partial charge >= 0.3 is 0 Å². The number of hydrogen-bond acceptors (Lipinski definition) is 4. The number of nitriles is 1. The molecular weight excluding hydrogens is 244 g/mol. The minimum Gasteiger partial charge on any atom is -0.369 e. The van der Waals surface area contributed by atoms with Crippen LogP contribution in [0.3, 0.4) is 0 Å². The van der Waals surface area contributed by atoms with E-state index in [1.165, 1.54) is 12.8 Å². The molecule has 1 saturated carbocycles. The molecular formula is C13H14N4S. The lowest BCUT2D eigenvalue weighted by atomic mass is 10.2. The Labute approximate surface area is 110 Å². The van der Waals surface area contributed by atoms with E-state index in [0.717, 1.165) is 17.6 Å². The summed E-state index contributed by atoms with van der Waals surface area (Å²) in [5.74, 6) is 0.507. The highest BCUT2D eigenvalue weighted by molar-refractivity contribution is 8.00. The van der Waals surface area contributed by atoms with E-state index in [1.807, 2.05) is 28.5 Å². The summed E-state index contributed by atoms with van der Waals surface area (Å²) < 4.78 is 2.37. The molecule has 18 heavy (non-hydrogen) atoms. The van der Waals surface area contributed by atoms with Crippen LogP contribution in [-0.4, -0.2) is 20.6 Å². The Morgan fingerprint density at radius 1 is 1.56 bits per heavy atom. The molecule has 4 nitrogen and oxygen atoms in total. The van der Waals surface area contributed by atoms with Crippen molar-refractivity contribution >= 4 is 28.7 Å². The van der Waals surface area contributed by atoms with Crippen molar-refractivity contribution in [3.8, 4) is 6.07 Å². The van der Waals surface area contributed by atoms with Gasteiger partial charge in [-0.15, -0.1) is 0 Å². The van der Waals surface area contributed by atoms with Gasteiger partial charge in [-0.2, -0.15) is 17.0 Å². The van der Waals surface area contributed by atoms with Crippen molar-refractivity contribution in [1.82, 2.24) is 9.55 Å². The Bertz CT molecular complexity index is 649. The summed E-state index contributed by atoms with van der Waals surface area (Å²) in [7, 11) is 0. The van der Waals surface area contributed by atoms with Gasteiger partial charge in [0, 0.05) is 11.3 Å². The molecule has 1 aliphatic carbocycles. The van der Waals surface area contributed by atoms with E-state index in [-0.39, 0.29) is 0 Å². The van der Waals surface area contributed by atoms with Gasteiger partial charge in [0.15, 0.2) is 0 Å². The second kappa shape index (κ2) is 3.92. The van der Waals surface area contributed by atoms with Gasteiger partial charge in [0.25, 0.3) is 0 Å². The highest BCUT2D eigenvalue weighted by Gasteiger charge is 2.42. The third-order valence-electron chi connectivity index (χ3n) is 3.62. The number of hydrogen-bond donors (Lipinski definition) is 1. The second-order valence-corrected chi connectivity index (χ2v) is 6.00. The zero-order chi connectivity index (χ0) is 12.8. The monoisotopic (exact) mass is 258 g/mol. The Hall–Kier alpha value is -1.67. The maximum atomic E-state index is 9.08. The van der Waals surface area contributed by atoms with Crippen LogP contribution in [0.15, 0.2) is 18.2 Å². The van der Waals surface area contributed by atoms with Gasteiger partial charge < -0.3 is 10.3 Å². The maximum Gasteiger partial charge on any atom is 0.201 e. The summed E-state index contributed by atoms with van der Waals surface area (Å²) >= 11 is 1.89. The van der Waals surface area contributed by atoms with Gasteiger partial charge in [-0.25, -0.2) is 4.98 Å². The summed E-state index contributed by atoms with van der Waals surface area (Å²) in [6.45, 7) is 0.880. The average Bonchev–Trinajstić information content (AvgIpc) is 3.10. The molecule has 1 aromatic heterocycles. The van der Waals surface area contributed by atoms with E-state index >= 15 is 0 Å². The lowest BCUT2D eigenvalue weighted by Crippen LogP contribution is -2.15. The molecule has 2 aromatic rings. The average molecular weight is 258 g/mol. The number of rotatable bonds is 3. The summed E-state index contributed by atoms with van der Waals surface area (Å²) in [5, 5.41) is 9.08. The van der Waals surface area contributed by atoms with Crippen molar-refractivity contribution in [2.75, 3.05) is 12.0 Å². The van der Waals surface area contributed by atoms with Crippen LogP contribution >= 0.6 is 11.8 Å². The fourth-order valence-electron chi connectivity index (χ4n) is 2.28. The van der Waals surface area contributed by atoms with Crippen LogP contribution in [0.5, 0.6) is 0 Å². The van der Waals surface area contributed by atoms with Crippen LogP contribution in [-0.2, 0) is 6.54 Å². The first-order chi connectivity index (χ1) is 8.69. The number of nitrogens with zero attached hydrogens (tertiary/aromatic N) is 3. The Kier molecular flexibility index (Phi) is 2.49. The molecule has 0 spiro atoms. The number of para-hydroxylation sites is 1. The van der Waals surface area contributed by atoms with Crippen LogP contribution in [0.2, 0.25) is 0 Å².